The standard InChI is InChI=1S/C13H26N2O3S/c1-9(2)14-11(16)10(7-8-19-6)15-12(17)18-13(3,4)5/h9-10H,7-8H2,1-6H3,(H,14,16)(H,15,17)/t10-/m0/s1. The Labute approximate surface area is 120 Å². The van der Waals surface area contributed by atoms with Gasteiger partial charge in [-0.25, -0.2) is 4.79 Å². The summed E-state index contributed by atoms with van der Waals surface area (Å²) >= 11 is 1.63. The molecule has 0 saturated carbocycles. The van der Waals surface area contributed by atoms with Crippen LogP contribution in [0.5, 0.6) is 0 Å². The van der Waals surface area contributed by atoms with Gasteiger partial charge in [0.2, 0.25) is 5.91 Å². The van der Waals surface area contributed by atoms with Gasteiger partial charge in [0.25, 0.3) is 0 Å². The van der Waals surface area contributed by atoms with Crippen LogP contribution < -0.4 is 10.6 Å². The number of hydrogen-bond acceptors (Lipinski definition) is 4. The van der Waals surface area contributed by atoms with Gasteiger partial charge in [-0.15, -0.1) is 0 Å². The first-order valence-electron chi connectivity index (χ1n) is 6.44. The van der Waals surface area contributed by atoms with E-state index in [0.29, 0.717) is 6.42 Å². The Morgan fingerprint density at radius 2 is 1.79 bits per heavy atom. The van der Waals surface area contributed by atoms with Crippen molar-refractivity contribution in [2.45, 2.75) is 58.7 Å². The highest BCUT2D eigenvalue weighted by Crippen LogP contribution is 2.08. The van der Waals surface area contributed by atoms with Crippen LogP contribution in [0.25, 0.3) is 0 Å². The third kappa shape index (κ3) is 9.64. The smallest absolute Gasteiger partial charge is 0.408 e. The lowest BCUT2D eigenvalue weighted by Gasteiger charge is -2.23. The number of rotatable bonds is 6. The minimum Gasteiger partial charge on any atom is -0.444 e. The summed E-state index contributed by atoms with van der Waals surface area (Å²) in [4.78, 5) is 23.7. The number of carbonyl (C=O) groups excluding carboxylic acids is 2. The zero-order chi connectivity index (χ0) is 15.1. The number of alkyl carbamates (subject to hydrolysis) is 1. The molecule has 2 N–H and O–H groups in total. The van der Waals surface area contributed by atoms with Gasteiger partial charge in [-0.1, -0.05) is 0 Å². The third-order valence-electron chi connectivity index (χ3n) is 2.05. The van der Waals surface area contributed by atoms with Gasteiger partial charge in [-0.05, 0) is 53.0 Å². The molecule has 0 radical (unpaired) electrons. The van der Waals surface area contributed by atoms with Crippen molar-refractivity contribution >= 4 is 23.8 Å². The van der Waals surface area contributed by atoms with E-state index in [-0.39, 0.29) is 11.9 Å². The van der Waals surface area contributed by atoms with E-state index >= 15 is 0 Å². The molecule has 6 heteroatoms. The van der Waals surface area contributed by atoms with Crippen LogP contribution >= 0.6 is 11.8 Å². The van der Waals surface area contributed by atoms with Crippen LogP contribution in [0.15, 0.2) is 0 Å². The van der Waals surface area contributed by atoms with Gasteiger partial charge >= 0.3 is 6.09 Å². The van der Waals surface area contributed by atoms with E-state index in [4.69, 9.17) is 4.74 Å². The molecule has 0 bridgehead atoms. The van der Waals surface area contributed by atoms with Gasteiger partial charge in [-0.2, -0.15) is 11.8 Å². The summed E-state index contributed by atoms with van der Waals surface area (Å²) in [5.74, 6) is 0.626. The number of nitrogens with one attached hydrogen (secondary N) is 2. The Bertz CT molecular complexity index is 301. The molecule has 0 spiro atoms. The van der Waals surface area contributed by atoms with Crippen molar-refractivity contribution < 1.29 is 14.3 Å². The van der Waals surface area contributed by atoms with Crippen molar-refractivity contribution in [3.8, 4) is 0 Å². The quantitative estimate of drug-likeness (QED) is 0.786. The summed E-state index contributed by atoms with van der Waals surface area (Å²) < 4.78 is 5.17. The molecule has 0 aliphatic carbocycles. The van der Waals surface area contributed by atoms with Crippen LogP contribution in [0.4, 0.5) is 4.79 Å². The minimum absolute atomic E-state index is 0.0460. The second-order valence-electron chi connectivity index (χ2n) is 5.64. The van der Waals surface area contributed by atoms with Crippen LogP contribution in [0.2, 0.25) is 0 Å². The highest BCUT2D eigenvalue weighted by Gasteiger charge is 2.24. The molecule has 5 nitrogen and oxygen atoms in total. The molecule has 0 aliphatic heterocycles. The van der Waals surface area contributed by atoms with Gasteiger partial charge in [0, 0.05) is 6.04 Å². The first-order valence-corrected chi connectivity index (χ1v) is 7.84. The number of amides is 2. The van der Waals surface area contributed by atoms with Crippen molar-refractivity contribution in [2.24, 2.45) is 0 Å². The molecule has 0 fully saturated rings. The topological polar surface area (TPSA) is 67.4 Å². The molecule has 1 atom stereocenters. The van der Waals surface area contributed by atoms with Crippen LogP contribution in [-0.4, -0.2) is 41.7 Å². The van der Waals surface area contributed by atoms with Gasteiger partial charge in [0.15, 0.2) is 0 Å². The number of thioether (sulfide) groups is 1. The van der Waals surface area contributed by atoms with E-state index in [1.165, 1.54) is 0 Å². The van der Waals surface area contributed by atoms with Crippen molar-refractivity contribution in [3.63, 3.8) is 0 Å². The van der Waals surface area contributed by atoms with Crippen LogP contribution in [0.1, 0.15) is 41.0 Å². The average molecular weight is 290 g/mol. The van der Waals surface area contributed by atoms with Crippen molar-refractivity contribution in [1.82, 2.24) is 10.6 Å². The maximum absolute atomic E-state index is 12.0. The Morgan fingerprint density at radius 3 is 2.21 bits per heavy atom. The summed E-state index contributed by atoms with van der Waals surface area (Å²) in [5.41, 5.74) is -0.567. The molecule has 0 aromatic rings. The fourth-order valence-electron chi connectivity index (χ4n) is 1.34. The number of hydrogen-bond donors (Lipinski definition) is 2. The van der Waals surface area contributed by atoms with Crippen LogP contribution in [-0.2, 0) is 9.53 Å². The molecule has 0 heterocycles. The monoisotopic (exact) mass is 290 g/mol. The molecular formula is C13H26N2O3S. The van der Waals surface area contributed by atoms with Crippen molar-refractivity contribution in [1.29, 1.82) is 0 Å². The van der Waals surface area contributed by atoms with Crippen molar-refractivity contribution in [2.75, 3.05) is 12.0 Å². The first-order chi connectivity index (χ1) is 8.65. The second-order valence-corrected chi connectivity index (χ2v) is 6.63. The van der Waals surface area contributed by atoms with Crippen LogP contribution in [0.3, 0.4) is 0 Å². The molecule has 0 aromatic carbocycles. The minimum atomic E-state index is -0.567. The van der Waals surface area contributed by atoms with E-state index in [1.54, 1.807) is 32.5 Å². The Kier molecular flexibility index (Phi) is 7.90. The third-order valence-corrected chi connectivity index (χ3v) is 2.69. The predicted molar refractivity (Wildman–Crippen MR) is 79.4 cm³/mol. The average Bonchev–Trinajstić information content (AvgIpc) is 2.20. The highest BCUT2D eigenvalue weighted by atomic mass is 32.2. The largest absolute Gasteiger partial charge is 0.444 e. The second kappa shape index (κ2) is 8.30. The highest BCUT2D eigenvalue weighted by molar-refractivity contribution is 7.98. The van der Waals surface area contributed by atoms with E-state index in [2.05, 4.69) is 10.6 Å². The molecule has 0 saturated heterocycles. The lowest BCUT2D eigenvalue weighted by Crippen LogP contribution is -2.49. The summed E-state index contributed by atoms with van der Waals surface area (Å²) in [5, 5.41) is 5.43. The predicted octanol–water partition coefficient (Wildman–Crippen LogP) is 2.16. The van der Waals surface area contributed by atoms with E-state index < -0.39 is 17.7 Å². The zero-order valence-electron chi connectivity index (χ0n) is 12.7. The van der Waals surface area contributed by atoms with Gasteiger partial charge < -0.3 is 15.4 Å². The first kappa shape index (κ1) is 18.1. The lowest BCUT2D eigenvalue weighted by molar-refractivity contribution is -0.123. The van der Waals surface area contributed by atoms with Crippen LogP contribution in [0, 0.1) is 0 Å². The Hall–Kier alpha value is -0.910. The number of ether oxygens (including phenoxy) is 1. The maximum Gasteiger partial charge on any atom is 0.408 e. The molecule has 0 rings (SSSR count). The van der Waals surface area contributed by atoms with Gasteiger partial charge in [0.05, 0.1) is 0 Å². The van der Waals surface area contributed by atoms with Gasteiger partial charge in [0.1, 0.15) is 11.6 Å². The summed E-state index contributed by atoms with van der Waals surface area (Å²) in [6, 6.07) is -0.505. The molecule has 0 aliphatic rings. The van der Waals surface area contributed by atoms with E-state index in [0.717, 1.165) is 5.75 Å². The summed E-state index contributed by atoms with van der Waals surface area (Å²) in [6.07, 6.45) is 1.99. The summed E-state index contributed by atoms with van der Waals surface area (Å²) in [7, 11) is 0. The molecular weight excluding hydrogens is 264 g/mol. The fraction of sp³-hybridized carbons (Fsp3) is 0.846. The summed E-state index contributed by atoms with van der Waals surface area (Å²) in [6.45, 7) is 9.14. The molecule has 112 valence electrons. The number of carbonyl (C=O) groups is 2. The molecule has 0 aromatic heterocycles. The fourth-order valence-corrected chi connectivity index (χ4v) is 1.81. The van der Waals surface area contributed by atoms with E-state index in [1.807, 2.05) is 20.1 Å². The molecule has 2 amide bonds. The van der Waals surface area contributed by atoms with E-state index in [9.17, 15) is 9.59 Å². The Balaban J connectivity index is 4.49. The Morgan fingerprint density at radius 1 is 1.21 bits per heavy atom. The SMILES string of the molecule is CSCC[C@H](NC(=O)OC(C)(C)C)C(=O)NC(C)C. The van der Waals surface area contributed by atoms with Gasteiger partial charge in [-0.3, -0.25) is 4.79 Å². The normalized spacial score (nSPS) is 13.0. The maximum atomic E-state index is 12.0. The lowest BCUT2D eigenvalue weighted by atomic mass is 10.2. The molecule has 0 unspecified atom stereocenters. The van der Waals surface area contributed by atoms with Crippen molar-refractivity contribution in [3.05, 3.63) is 0 Å². The molecule has 19 heavy (non-hydrogen) atoms. The zero-order valence-corrected chi connectivity index (χ0v) is 13.5.